The van der Waals surface area contributed by atoms with Gasteiger partial charge in [0.1, 0.15) is 0 Å². The molecule has 0 bridgehead atoms. The van der Waals surface area contributed by atoms with Crippen LogP contribution in [0.4, 0.5) is 0 Å². The Morgan fingerprint density at radius 3 is 2.55 bits per heavy atom. The molecule has 31 heavy (non-hydrogen) atoms. The Bertz CT molecular complexity index is 1210. The summed E-state index contributed by atoms with van der Waals surface area (Å²) >= 11 is 12.3. The number of hydrogen-bond donors (Lipinski definition) is 1. The van der Waals surface area contributed by atoms with Gasteiger partial charge in [-0.2, -0.15) is 10.2 Å². The number of hydrogen-bond acceptors (Lipinski definition) is 3. The molecule has 158 valence electrons. The molecule has 0 aliphatic carbocycles. The molecular weight excluding hydrogens is 433 g/mol. The highest BCUT2D eigenvalue weighted by molar-refractivity contribution is 6.35. The van der Waals surface area contributed by atoms with E-state index in [4.69, 9.17) is 23.2 Å². The molecule has 0 aliphatic heterocycles. The predicted octanol–water partition coefficient (Wildman–Crippen LogP) is 4.84. The zero-order chi connectivity index (χ0) is 22.0. The normalized spacial score (nSPS) is 11.0. The summed E-state index contributed by atoms with van der Waals surface area (Å²) in [5.74, 6) is -0.0656. The Morgan fingerprint density at radius 2 is 1.87 bits per heavy atom. The summed E-state index contributed by atoms with van der Waals surface area (Å²) in [5, 5.41) is 12.8. The summed E-state index contributed by atoms with van der Waals surface area (Å²) in [7, 11) is 0. The Hall–Kier alpha value is -3.09. The van der Waals surface area contributed by atoms with E-state index in [-0.39, 0.29) is 12.3 Å². The van der Waals surface area contributed by atoms with Gasteiger partial charge in [0, 0.05) is 35.2 Å². The van der Waals surface area contributed by atoms with Gasteiger partial charge in [-0.1, -0.05) is 35.3 Å². The first-order valence-corrected chi connectivity index (χ1v) is 10.5. The molecule has 0 spiro atoms. The highest BCUT2D eigenvalue weighted by Crippen LogP contribution is 2.27. The number of carbonyl (C=O) groups excluding carboxylic acids is 1. The van der Waals surface area contributed by atoms with Gasteiger partial charge >= 0.3 is 0 Å². The number of benzene rings is 2. The molecule has 0 radical (unpaired) electrons. The summed E-state index contributed by atoms with van der Waals surface area (Å²) in [6.45, 7) is 4.28. The maximum atomic E-state index is 12.6. The van der Waals surface area contributed by atoms with E-state index in [0.717, 1.165) is 33.9 Å². The summed E-state index contributed by atoms with van der Waals surface area (Å²) in [4.78, 5) is 12.6. The number of halogens is 2. The monoisotopic (exact) mass is 453 g/mol. The Labute approximate surface area is 190 Å². The van der Waals surface area contributed by atoms with Crippen LogP contribution in [0.15, 0.2) is 60.9 Å². The topological polar surface area (TPSA) is 64.7 Å². The fourth-order valence-corrected chi connectivity index (χ4v) is 3.92. The van der Waals surface area contributed by atoms with Gasteiger partial charge in [0.25, 0.3) is 0 Å². The highest BCUT2D eigenvalue weighted by atomic mass is 35.5. The van der Waals surface area contributed by atoms with Crippen molar-refractivity contribution in [3.05, 3.63) is 93.5 Å². The molecule has 2 heterocycles. The van der Waals surface area contributed by atoms with Crippen molar-refractivity contribution in [1.29, 1.82) is 0 Å². The standard InChI is InChI=1S/C23H21Cl2N5O/c1-15-20(16(2)30(28-15)22-9-6-18(24)12-21(22)25)13-23(31)26-14-17-4-7-19(8-5-17)29-11-3-10-27-29/h3-12H,13-14H2,1-2H3,(H,26,31). The molecule has 4 rings (SSSR count). The second-order valence-electron chi connectivity index (χ2n) is 7.23. The van der Waals surface area contributed by atoms with Crippen molar-refractivity contribution in [2.45, 2.75) is 26.8 Å². The summed E-state index contributed by atoms with van der Waals surface area (Å²) < 4.78 is 3.54. The molecule has 1 N–H and O–H groups in total. The van der Waals surface area contributed by atoms with Gasteiger partial charge in [0.15, 0.2) is 0 Å². The second kappa shape index (κ2) is 8.96. The Kier molecular flexibility index (Phi) is 6.11. The molecule has 1 amide bonds. The molecule has 0 atom stereocenters. The molecule has 6 nitrogen and oxygen atoms in total. The molecule has 0 saturated heterocycles. The van der Waals surface area contributed by atoms with E-state index in [1.165, 1.54) is 0 Å². The van der Waals surface area contributed by atoms with Crippen molar-refractivity contribution >= 4 is 29.1 Å². The fourth-order valence-electron chi connectivity index (χ4n) is 3.43. The van der Waals surface area contributed by atoms with Crippen LogP contribution in [0.5, 0.6) is 0 Å². The number of aryl methyl sites for hydroxylation is 1. The van der Waals surface area contributed by atoms with Crippen molar-refractivity contribution in [2.75, 3.05) is 0 Å². The quantitative estimate of drug-likeness (QED) is 0.454. The largest absolute Gasteiger partial charge is 0.352 e. The van der Waals surface area contributed by atoms with Crippen LogP contribution in [0.1, 0.15) is 22.5 Å². The van der Waals surface area contributed by atoms with E-state index >= 15 is 0 Å². The average Bonchev–Trinajstić information content (AvgIpc) is 3.37. The minimum Gasteiger partial charge on any atom is -0.352 e. The number of rotatable bonds is 6. The van der Waals surface area contributed by atoms with E-state index < -0.39 is 0 Å². The van der Waals surface area contributed by atoms with Crippen LogP contribution >= 0.6 is 23.2 Å². The first kappa shape index (κ1) is 21.2. The third-order valence-corrected chi connectivity index (χ3v) is 5.65. The Morgan fingerprint density at radius 1 is 1.10 bits per heavy atom. The van der Waals surface area contributed by atoms with Gasteiger partial charge in [-0.05, 0) is 55.8 Å². The lowest BCUT2D eigenvalue weighted by atomic mass is 10.1. The van der Waals surface area contributed by atoms with Gasteiger partial charge in [-0.15, -0.1) is 0 Å². The van der Waals surface area contributed by atoms with Crippen LogP contribution in [0.25, 0.3) is 11.4 Å². The van der Waals surface area contributed by atoms with E-state index in [2.05, 4.69) is 15.5 Å². The van der Waals surface area contributed by atoms with Gasteiger partial charge in [-0.25, -0.2) is 9.36 Å². The smallest absolute Gasteiger partial charge is 0.224 e. The SMILES string of the molecule is Cc1nn(-c2ccc(Cl)cc2Cl)c(C)c1CC(=O)NCc1ccc(-n2cccn2)cc1. The van der Waals surface area contributed by atoms with Crippen molar-refractivity contribution in [1.82, 2.24) is 24.9 Å². The van der Waals surface area contributed by atoms with E-state index in [1.807, 2.05) is 56.4 Å². The number of carbonyl (C=O) groups is 1. The maximum Gasteiger partial charge on any atom is 0.224 e. The van der Waals surface area contributed by atoms with Crippen molar-refractivity contribution < 1.29 is 4.79 Å². The third-order valence-electron chi connectivity index (χ3n) is 5.11. The predicted molar refractivity (Wildman–Crippen MR) is 122 cm³/mol. The number of nitrogens with zero attached hydrogens (tertiary/aromatic N) is 4. The molecule has 0 saturated carbocycles. The maximum absolute atomic E-state index is 12.6. The number of nitrogens with one attached hydrogen (secondary N) is 1. The van der Waals surface area contributed by atoms with Gasteiger partial charge in [-0.3, -0.25) is 4.79 Å². The van der Waals surface area contributed by atoms with Crippen LogP contribution in [0.2, 0.25) is 10.0 Å². The van der Waals surface area contributed by atoms with E-state index in [0.29, 0.717) is 16.6 Å². The van der Waals surface area contributed by atoms with Crippen LogP contribution in [0.3, 0.4) is 0 Å². The minimum atomic E-state index is -0.0656. The molecule has 4 aromatic rings. The number of amides is 1. The van der Waals surface area contributed by atoms with Crippen molar-refractivity contribution in [3.63, 3.8) is 0 Å². The molecular formula is C23H21Cl2N5O. The first-order chi connectivity index (χ1) is 14.9. The Balaban J connectivity index is 1.42. The van der Waals surface area contributed by atoms with Gasteiger partial charge < -0.3 is 5.32 Å². The molecule has 2 aromatic carbocycles. The third kappa shape index (κ3) is 4.65. The first-order valence-electron chi connectivity index (χ1n) is 9.78. The lowest BCUT2D eigenvalue weighted by molar-refractivity contribution is -0.120. The lowest BCUT2D eigenvalue weighted by Crippen LogP contribution is -2.25. The molecule has 8 heteroatoms. The van der Waals surface area contributed by atoms with Crippen molar-refractivity contribution in [3.8, 4) is 11.4 Å². The fraction of sp³-hybridized carbons (Fsp3) is 0.174. The van der Waals surface area contributed by atoms with Crippen LogP contribution in [-0.2, 0) is 17.8 Å². The summed E-state index contributed by atoms with van der Waals surface area (Å²) in [6, 6.07) is 15.1. The average molecular weight is 454 g/mol. The summed E-state index contributed by atoms with van der Waals surface area (Å²) in [6.07, 6.45) is 3.87. The van der Waals surface area contributed by atoms with Crippen LogP contribution in [0, 0.1) is 13.8 Å². The number of aromatic nitrogens is 4. The zero-order valence-corrected chi connectivity index (χ0v) is 18.7. The van der Waals surface area contributed by atoms with Crippen LogP contribution in [-0.4, -0.2) is 25.5 Å². The van der Waals surface area contributed by atoms with E-state index in [9.17, 15) is 4.79 Å². The molecule has 0 unspecified atom stereocenters. The second-order valence-corrected chi connectivity index (χ2v) is 8.07. The van der Waals surface area contributed by atoms with Crippen LogP contribution < -0.4 is 5.32 Å². The van der Waals surface area contributed by atoms with E-state index in [1.54, 1.807) is 27.7 Å². The van der Waals surface area contributed by atoms with Crippen molar-refractivity contribution in [2.24, 2.45) is 0 Å². The van der Waals surface area contributed by atoms with Gasteiger partial charge in [0.2, 0.25) is 5.91 Å². The lowest BCUT2D eigenvalue weighted by Gasteiger charge is -2.09. The summed E-state index contributed by atoms with van der Waals surface area (Å²) in [5.41, 5.74) is 5.27. The molecule has 0 aliphatic rings. The minimum absolute atomic E-state index is 0.0656. The van der Waals surface area contributed by atoms with Gasteiger partial charge in [0.05, 0.1) is 28.5 Å². The zero-order valence-electron chi connectivity index (χ0n) is 17.1. The molecule has 0 fully saturated rings. The molecule has 2 aromatic heterocycles. The highest BCUT2D eigenvalue weighted by Gasteiger charge is 2.17.